The standard InChI is InChI=1S/C23H27N5O/c1-4-5-15-28(3)22(29)17-9-11-18(12-10-17)26-23-25-14-13-21(27-23)19-7-6-8-20(24)16(19)2/h6-14H,4-5,15,24H2,1-3H3,(H,25,26,27). The van der Waals surface area contributed by atoms with E-state index in [1.54, 1.807) is 11.1 Å². The van der Waals surface area contributed by atoms with E-state index in [4.69, 9.17) is 5.73 Å². The van der Waals surface area contributed by atoms with Gasteiger partial charge in [-0.1, -0.05) is 25.5 Å². The highest BCUT2D eigenvalue weighted by Gasteiger charge is 2.11. The third-order valence-electron chi connectivity index (χ3n) is 4.89. The molecule has 0 atom stereocenters. The van der Waals surface area contributed by atoms with Gasteiger partial charge < -0.3 is 16.0 Å². The molecule has 29 heavy (non-hydrogen) atoms. The summed E-state index contributed by atoms with van der Waals surface area (Å²) in [5, 5.41) is 3.20. The zero-order valence-corrected chi connectivity index (χ0v) is 17.1. The van der Waals surface area contributed by atoms with Crippen LogP contribution in [0.25, 0.3) is 11.3 Å². The Balaban J connectivity index is 1.74. The lowest BCUT2D eigenvalue weighted by molar-refractivity contribution is 0.0793. The molecular formula is C23H27N5O. The molecule has 1 heterocycles. The van der Waals surface area contributed by atoms with Crippen LogP contribution in [0.1, 0.15) is 35.7 Å². The second kappa shape index (κ2) is 9.19. The number of amides is 1. The molecule has 3 rings (SSSR count). The van der Waals surface area contributed by atoms with Crippen LogP contribution in [0.15, 0.2) is 54.7 Å². The normalized spacial score (nSPS) is 10.6. The minimum absolute atomic E-state index is 0.0281. The van der Waals surface area contributed by atoms with E-state index in [1.165, 1.54) is 0 Å². The maximum Gasteiger partial charge on any atom is 0.253 e. The number of carbonyl (C=O) groups is 1. The van der Waals surface area contributed by atoms with E-state index < -0.39 is 0 Å². The van der Waals surface area contributed by atoms with E-state index >= 15 is 0 Å². The molecule has 0 saturated heterocycles. The molecule has 0 unspecified atom stereocenters. The first kappa shape index (κ1) is 20.3. The van der Waals surface area contributed by atoms with E-state index in [0.717, 1.165) is 47.6 Å². The first-order valence-electron chi connectivity index (χ1n) is 9.80. The van der Waals surface area contributed by atoms with Gasteiger partial charge in [0, 0.05) is 42.3 Å². The van der Waals surface area contributed by atoms with Gasteiger partial charge in [0.05, 0.1) is 5.69 Å². The zero-order chi connectivity index (χ0) is 20.8. The van der Waals surface area contributed by atoms with Gasteiger partial charge >= 0.3 is 0 Å². The smallest absolute Gasteiger partial charge is 0.253 e. The van der Waals surface area contributed by atoms with Crippen LogP contribution in [0.5, 0.6) is 0 Å². The second-order valence-electron chi connectivity index (χ2n) is 7.07. The maximum atomic E-state index is 12.5. The Bertz CT molecular complexity index is 985. The first-order valence-corrected chi connectivity index (χ1v) is 9.80. The lowest BCUT2D eigenvalue weighted by Gasteiger charge is -2.17. The van der Waals surface area contributed by atoms with Crippen molar-refractivity contribution in [2.45, 2.75) is 26.7 Å². The van der Waals surface area contributed by atoms with Gasteiger partial charge in [-0.25, -0.2) is 9.97 Å². The molecule has 0 aliphatic heterocycles. The minimum atomic E-state index is 0.0281. The number of benzene rings is 2. The second-order valence-corrected chi connectivity index (χ2v) is 7.07. The molecule has 3 aromatic rings. The largest absolute Gasteiger partial charge is 0.398 e. The van der Waals surface area contributed by atoms with Crippen LogP contribution >= 0.6 is 0 Å². The van der Waals surface area contributed by atoms with Crippen LogP contribution in [0.2, 0.25) is 0 Å². The minimum Gasteiger partial charge on any atom is -0.398 e. The number of rotatable bonds is 7. The van der Waals surface area contributed by atoms with Gasteiger partial charge in [0.2, 0.25) is 5.95 Å². The number of hydrogen-bond donors (Lipinski definition) is 2. The van der Waals surface area contributed by atoms with Crippen molar-refractivity contribution in [2.75, 3.05) is 24.6 Å². The highest BCUT2D eigenvalue weighted by atomic mass is 16.2. The fourth-order valence-corrected chi connectivity index (χ4v) is 3.04. The predicted molar refractivity (Wildman–Crippen MR) is 118 cm³/mol. The van der Waals surface area contributed by atoms with Crippen molar-refractivity contribution in [2.24, 2.45) is 0 Å². The molecule has 2 aromatic carbocycles. The van der Waals surface area contributed by atoms with Crippen LogP contribution in [0.4, 0.5) is 17.3 Å². The molecule has 150 valence electrons. The Hall–Kier alpha value is -3.41. The van der Waals surface area contributed by atoms with E-state index in [9.17, 15) is 4.79 Å². The van der Waals surface area contributed by atoms with Gasteiger partial charge in [0.15, 0.2) is 0 Å². The Morgan fingerprint density at radius 2 is 1.90 bits per heavy atom. The molecule has 6 heteroatoms. The van der Waals surface area contributed by atoms with Crippen molar-refractivity contribution in [3.05, 3.63) is 65.9 Å². The molecule has 0 bridgehead atoms. The lowest BCUT2D eigenvalue weighted by atomic mass is 10.0. The number of nitrogens with two attached hydrogens (primary N) is 1. The van der Waals surface area contributed by atoms with Crippen molar-refractivity contribution >= 4 is 23.2 Å². The van der Waals surface area contributed by atoms with Crippen LogP contribution in [-0.2, 0) is 0 Å². The quantitative estimate of drug-likeness (QED) is 0.575. The molecular weight excluding hydrogens is 362 g/mol. The molecule has 1 amide bonds. The highest BCUT2D eigenvalue weighted by Crippen LogP contribution is 2.26. The number of nitrogens with one attached hydrogen (secondary N) is 1. The number of anilines is 3. The maximum absolute atomic E-state index is 12.5. The third kappa shape index (κ3) is 4.90. The van der Waals surface area contributed by atoms with Gasteiger partial charge in [0.25, 0.3) is 5.91 Å². The molecule has 0 aliphatic rings. The predicted octanol–water partition coefficient (Wildman–Crippen LogP) is 4.65. The summed E-state index contributed by atoms with van der Waals surface area (Å²) < 4.78 is 0. The summed E-state index contributed by atoms with van der Waals surface area (Å²) in [4.78, 5) is 23.1. The topological polar surface area (TPSA) is 84.1 Å². The van der Waals surface area contributed by atoms with Gasteiger partial charge in [0.1, 0.15) is 0 Å². The Kier molecular flexibility index (Phi) is 6.44. The average Bonchev–Trinajstić information content (AvgIpc) is 2.74. The number of hydrogen-bond acceptors (Lipinski definition) is 5. The Morgan fingerprint density at radius 1 is 1.14 bits per heavy atom. The van der Waals surface area contributed by atoms with Crippen molar-refractivity contribution in [1.82, 2.24) is 14.9 Å². The zero-order valence-electron chi connectivity index (χ0n) is 17.1. The molecule has 0 radical (unpaired) electrons. The Morgan fingerprint density at radius 3 is 2.62 bits per heavy atom. The molecule has 1 aromatic heterocycles. The molecule has 0 fully saturated rings. The Labute approximate surface area is 171 Å². The fraction of sp³-hybridized carbons (Fsp3) is 0.261. The molecule has 3 N–H and O–H groups in total. The van der Waals surface area contributed by atoms with Crippen LogP contribution in [0.3, 0.4) is 0 Å². The summed E-state index contributed by atoms with van der Waals surface area (Å²) >= 11 is 0. The van der Waals surface area contributed by atoms with Crippen molar-refractivity contribution in [1.29, 1.82) is 0 Å². The number of nitrogens with zero attached hydrogens (tertiary/aromatic N) is 3. The monoisotopic (exact) mass is 389 g/mol. The highest BCUT2D eigenvalue weighted by molar-refractivity contribution is 5.94. The van der Waals surface area contributed by atoms with E-state index in [0.29, 0.717) is 11.5 Å². The summed E-state index contributed by atoms with van der Waals surface area (Å²) in [7, 11) is 1.84. The van der Waals surface area contributed by atoms with Crippen LogP contribution in [-0.4, -0.2) is 34.4 Å². The summed E-state index contributed by atoms with van der Waals surface area (Å²) in [5.74, 6) is 0.517. The molecule has 0 spiro atoms. The van der Waals surface area contributed by atoms with Crippen molar-refractivity contribution in [3.8, 4) is 11.3 Å². The first-order chi connectivity index (χ1) is 14.0. The fourth-order valence-electron chi connectivity index (χ4n) is 3.04. The van der Waals surface area contributed by atoms with Gasteiger partial charge in [-0.3, -0.25) is 4.79 Å². The van der Waals surface area contributed by atoms with Crippen LogP contribution < -0.4 is 11.1 Å². The van der Waals surface area contributed by atoms with Crippen LogP contribution in [0, 0.1) is 6.92 Å². The number of aromatic nitrogens is 2. The lowest BCUT2D eigenvalue weighted by Crippen LogP contribution is -2.27. The molecule has 0 saturated carbocycles. The summed E-state index contributed by atoms with van der Waals surface area (Å²) in [6.07, 6.45) is 3.78. The average molecular weight is 390 g/mol. The van der Waals surface area contributed by atoms with Gasteiger partial charge in [-0.15, -0.1) is 0 Å². The van der Waals surface area contributed by atoms with Crippen molar-refractivity contribution < 1.29 is 4.79 Å². The van der Waals surface area contributed by atoms with Crippen molar-refractivity contribution in [3.63, 3.8) is 0 Å². The molecule has 0 aliphatic carbocycles. The SMILES string of the molecule is CCCCN(C)C(=O)c1ccc(Nc2nccc(-c3cccc(N)c3C)n2)cc1. The van der Waals surface area contributed by atoms with E-state index in [-0.39, 0.29) is 5.91 Å². The van der Waals surface area contributed by atoms with E-state index in [1.807, 2.05) is 62.5 Å². The van der Waals surface area contributed by atoms with E-state index in [2.05, 4.69) is 22.2 Å². The van der Waals surface area contributed by atoms with Gasteiger partial charge in [-0.05, 0) is 55.3 Å². The summed E-state index contributed by atoms with van der Waals surface area (Å²) in [6, 6.07) is 15.0. The third-order valence-corrected chi connectivity index (χ3v) is 4.89. The number of carbonyl (C=O) groups excluding carboxylic acids is 1. The number of nitrogen functional groups attached to an aromatic ring is 1. The van der Waals surface area contributed by atoms with Gasteiger partial charge in [-0.2, -0.15) is 0 Å². The number of unbranched alkanes of at least 4 members (excludes halogenated alkanes) is 1. The summed E-state index contributed by atoms with van der Waals surface area (Å²) in [5.41, 5.74) is 11.0. The summed E-state index contributed by atoms with van der Waals surface area (Å²) in [6.45, 7) is 4.86. The molecule has 6 nitrogen and oxygen atoms in total.